The fourth-order valence-corrected chi connectivity index (χ4v) is 3.94. The third-order valence-corrected chi connectivity index (χ3v) is 5.60. The number of hydrogen-bond donors (Lipinski definition) is 1. The first kappa shape index (κ1) is 26.2. The van der Waals surface area contributed by atoms with Crippen LogP contribution in [-0.2, 0) is 19.7 Å². The molecule has 190 valence electrons. The molecule has 2 aromatic heterocycles. The van der Waals surface area contributed by atoms with Crippen molar-refractivity contribution < 1.29 is 29.0 Å². The average molecular weight is 487 g/mol. The summed E-state index contributed by atoms with van der Waals surface area (Å²) in [7, 11) is 0. The number of carbonyl (C=O) groups is 3. The lowest BCUT2D eigenvalue weighted by Gasteiger charge is -2.28. The Morgan fingerprint density at radius 2 is 1.71 bits per heavy atom. The average Bonchev–Trinajstić information content (AvgIpc) is 3.25. The lowest BCUT2D eigenvalue weighted by Crippen LogP contribution is -2.44. The van der Waals surface area contributed by atoms with Gasteiger partial charge in [0.05, 0.1) is 5.69 Å². The second-order valence-electron chi connectivity index (χ2n) is 10.8. The zero-order valence-electron chi connectivity index (χ0n) is 21.1. The maximum Gasteiger partial charge on any atom is 0.419 e. The maximum atomic E-state index is 12.7. The lowest BCUT2D eigenvalue weighted by atomic mass is 9.97. The highest BCUT2D eigenvalue weighted by Crippen LogP contribution is 2.56. The van der Waals surface area contributed by atoms with Crippen LogP contribution in [0.4, 0.5) is 9.59 Å². The highest BCUT2D eigenvalue weighted by Gasteiger charge is 2.62. The summed E-state index contributed by atoms with van der Waals surface area (Å²) in [6, 6.07) is 5.45. The monoisotopic (exact) mass is 486 g/mol. The number of carboxylic acids is 1. The van der Waals surface area contributed by atoms with E-state index in [0.29, 0.717) is 30.8 Å². The number of ether oxygens (including phenoxy) is 2. The molecule has 2 heterocycles. The van der Waals surface area contributed by atoms with Crippen LogP contribution < -0.4 is 0 Å². The van der Waals surface area contributed by atoms with E-state index in [4.69, 9.17) is 9.47 Å². The number of amides is 2. The number of aliphatic carboxylic acids is 1. The normalized spacial score (nSPS) is 19.7. The van der Waals surface area contributed by atoms with E-state index in [1.807, 2.05) is 12.1 Å². The SMILES string of the molecule is CC(C)(C)OC(=O)N(CCCC1CC1(C(=O)O)c1cn(-c2ccccn2)cn1)C(=O)OC(C)(C)C. The molecule has 3 rings (SSSR count). The van der Waals surface area contributed by atoms with Crippen molar-refractivity contribution in [3.8, 4) is 5.82 Å². The van der Waals surface area contributed by atoms with Gasteiger partial charge in [0.15, 0.2) is 0 Å². The molecule has 1 fully saturated rings. The van der Waals surface area contributed by atoms with Crippen molar-refractivity contribution in [2.75, 3.05) is 6.54 Å². The van der Waals surface area contributed by atoms with E-state index in [2.05, 4.69) is 9.97 Å². The van der Waals surface area contributed by atoms with Crippen molar-refractivity contribution in [3.63, 3.8) is 0 Å². The molecule has 1 saturated carbocycles. The minimum atomic E-state index is -1.09. The van der Waals surface area contributed by atoms with Crippen LogP contribution in [0.25, 0.3) is 5.82 Å². The predicted octanol–water partition coefficient (Wildman–Crippen LogP) is 4.56. The molecule has 0 radical (unpaired) electrons. The lowest BCUT2D eigenvalue weighted by molar-refractivity contribution is -0.140. The predicted molar refractivity (Wildman–Crippen MR) is 127 cm³/mol. The molecule has 2 unspecified atom stereocenters. The second kappa shape index (κ2) is 9.67. The zero-order valence-corrected chi connectivity index (χ0v) is 21.1. The van der Waals surface area contributed by atoms with Gasteiger partial charge in [0, 0.05) is 18.9 Å². The highest BCUT2D eigenvalue weighted by molar-refractivity contribution is 5.88. The van der Waals surface area contributed by atoms with Crippen molar-refractivity contribution in [1.29, 1.82) is 0 Å². The molecule has 2 amide bonds. The molecule has 0 spiro atoms. The number of carbonyl (C=O) groups excluding carboxylic acids is 2. The van der Waals surface area contributed by atoms with Crippen LogP contribution in [0.5, 0.6) is 0 Å². The Balaban J connectivity index is 1.68. The van der Waals surface area contributed by atoms with Crippen LogP contribution >= 0.6 is 0 Å². The minimum Gasteiger partial charge on any atom is -0.481 e. The van der Waals surface area contributed by atoms with Crippen LogP contribution in [0.3, 0.4) is 0 Å². The summed E-state index contributed by atoms with van der Waals surface area (Å²) in [6.45, 7) is 10.3. The molecule has 1 N–H and O–H groups in total. The van der Waals surface area contributed by atoms with Crippen molar-refractivity contribution in [2.45, 2.75) is 77.4 Å². The molecule has 0 aromatic carbocycles. The molecule has 10 nitrogen and oxygen atoms in total. The molecular weight excluding hydrogens is 452 g/mol. The second-order valence-corrected chi connectivity index (χ2v) is 10.8. The minimum absolute atomic E-state index is 0.0540. The molecule has 2 atom stereocenters. The molecular formula is C25H34N4O6. The van der Waals surface area contributed by atoms with Gasteiger partial charge in [-0.15, -0.1) is 0 Å². The molecule has 0 aliphatic heterocycles. The molecule has 1 aliphatic rings. The van der Waals surface area contributed by atoms with Crippen LogP contribution in [0.2, 0.25) is 0 Å². The van der Waals surface area contributed by atoms with Crippen LogP contribution in [0.15, 0.2) is 36.9 Å². The Bertz CT molecular complexity index is 1040. The van der Waals surface area contributed by atoms with Crippen molar-refractivity contribution in [3.05, 3.63) is 42.6 Å². The standard InChI is InChI=1S/C25H34N4O6/c1-23(2,3)34-21(32)29(22(33)35-24(4,5)6)13-9-10-17-14-25(17,20(30)31)18-15-28(16-27-18)19-11-7-8-12-26-19/h7-8,11-12,15-17H,9-10,13-14H2,1-6H3,(H,30,31). The van der Waals surface area contributed by atoms with Crippen molar-refractivity contribution in [2.24, 2.45) is 5.92 Å². The number of aromatic nitrogens is 3. The zero-order chi connectivity index (χ0) is 26.0. The van der Waals surface area contributed by atoms with Gasteiger partial charge in [-0.2, -0.15) is 0 Å². The number of imide groups is 1. The van der Waals surface area contributed by atoms with Gasteiger partial charge in [-0.25, -0.2) is 24.5 Å². The first-order chi connectivity index (χ1) is 16.2. The Morgan fingerprint density at radius 3 is 2.23 bits per heavy atom. The molecule has 0 saturated heterocycles. The fourth-order valence-electron chi connectivity index (χ4n) is 3.94. The highest BCUT2D eigenvalue weighted by atomic mass is 16.6. The molecule has 10 heteroatoms. The van der Waals surface area contributed by atoms with Gasteiger partial charge in [0.1, 0.15) is 28.8 Å². The Hall–Kier alpha value is -3.43. The van der Waals surface area contributed by atoms with E-state index in [9.17, 15) is 19.5 Å². The fraction of sp³-hybridized carbons (Fsp3) is 0.560. The smallest absolute Gasteiger partial charge is 0.419 e. The molecule has 1 aliphatic carbocycles. The van der Waals surface area contributed by atoms with Gasteiger partial charge >= 0.3 is 18.2 Å². The van der Waals surface area contributed by atoms with E-state index in [1.54, 1.807) is 70.9 Å². The summed E-state index contributed by atoms with van der Waals surface area (Å²) in [6.07, 6.45) is 4.66. The van der Waals surface area contributed by atoms with Crippen LogP contribution in [-0.4, -0.2) is 60.4 Å². The van der Waals surface area contributed by atoms with E-state index in [-0.39, 0.29) is 12.5 Å². The number of imidazole rings is 1. The van der Waals surface area contributed by atoms with Crippen LogP contribution in [0.1, 0.15) is 66.5 Å². The third kappa shape index (κ3) is 6.37. The molecule has 0 bridgehead atoms. The first-order valence-electron chi connectivity index (χ1n) is 11.7. The number of rotatable bonds is 7. The van der Waals surface area contributed by atoms with Crippen molar-refractivity contribution >= 4 is 18.2 Å². The van der Waals surface area contributed by atoms with Gasteiger partial charge in [-0.3, -0.25) is 9.36 Å². The summed E-state index contributed by atoms with van der Waals surface area (Å²) in [5.41, 5.74) is -2.18. The number of pyridine rings is 1. The van der Waals surface area contributed by atoms with Gasteiger partial charge < -0.3 is 14.6 Å². The van der Waals surface area contributed by atoms with Gasteiger partial charge in [-0.1, -0.05) is 6.07 Å². The van der Waals surface area contributed by atoms with E-state index in [1.165, 1.54) is 0 Å². The maximum absolute atomic E-state index is 12.7. The van der Waals surface area contributed by atoms with Crippen molar-refractivity contribution in [1.82, 2.24) is 19.4 Å². The summed E-state index contributed by atoms with van der Waals surface area (Å²) in [5.74, 6) is -0.467. The van der Waals surface area contributed by atoms with E-state index < -0.39 is 34.8 Å². The van der Waals surface area contributed by atoms with Gasteiger partial charge in [0.2, 0.25) is 0 Å². The number of carboxylic acid groups (broad SMARTS) is 1. The topological polar surface area (TPSA) is 124 Å². The first-order valence-corrected chi connectivity index (χ1v) is 11.7. The molecule has 2 aromatic rings. The van der Waals surface area contributed by atoms with Crippen LogP contribution in [0, 0.1) is 5.92 Å². The van der Waals surface area contributed by atoms with E-state index >= 15 is 0 Å². The summed E-state index contributed by atoms with van der Waals surface area (Å²) >= 11 is 0. The Morgan fingerprint density at radius 1 is 1.09 bits per heavy atom. The quantitative estimate of drug-likeness (QED) is 0.604. The van der Waals surface area contributed by atoms with Gasteiger partial charge in [-0.05, 0) is 78.9 Å². The Kier molecular flexibility index (Phi) is 7.23. The Labute approximate surface area is 205 Å². The molecule has 35 heavy (non-hydrogen) atoms. The summed E-state index contributed by atoms with van der Waals surface area (Å²) < 4.78 is 12.4. The number of nitrogens with zero attached hydrogens (tertiary/aromatic N) is 4. The third-order valence-electron chi connectivity index (χ3n) is 5.60. The van der Waals surface area contributed by atoms with E-state index in [0.717, 1.165) is 4.90 Å². The summed E-state index contributed by atoms with van der Waals surface area (Å²) in [5, 5.41) is 10.0. The number of hydrogen-bond acceptors (Lipinski definition) is 7. The largest absolute Gasteiger partial charge is 0.481 e. The summed E-state index contributed by atoms with van der Waals surface area (Å²) in [4.78, 5) is 47.1. The van der Waals surface area contributed by atoms with Gasteiger partial charge in [0.25, 0.3) is 0 Å².